The van der Waals surface area contributed by atoms with Crippen LogP contribution in [0.25, 0.3) is 0 Å². The molecule has 0 radical (unpaired) electrons. The zero-order valence-electron chi connectivity index (χ0n) is 14.9. The Morgan fingerprint density at radius 2 is 1.73 bits per heavy atom. The van der Waals surface area contributed by atoms with E-state index in [2.05, 4.69) is 15.2 Å². The molecule has 7 heteroatoms. The largest absolute Gasteiger partial charge is 0.370 e. The molecular weight excluding hydrogens is 371 g/mol. The summed E-state index contributed by atoms with van der Waals surface area (Å²) >= 11 is 0. The maximum atomic E-state index is 12.5. The molecule has 0 spiro atoms. The van der Waals surface area contributed by atoms with Gasteiger partial charge in [0.1, 0.15) is 11.4 Å². The van der Waals surface area contributed by atoms with E-state index in [1.165, 1.54) is 19.3 Å². The van der Waals surface area contributed by atoms with E-state index in [-0.39, 0.29) is 30.7 Å². The molecule has 1 saturated heterocycles. The lowest BCUT2D eigenvalue weighted by Crippen LogP contribution is -2.45. The van der Waals surface area contributed by atoms with Gasteiger partial charge in [-0.2, -0.15) is 0 Å². The first-order valence-corrected chi connectivity index (χ1v) is 8.44. The summed E-state index contributed by atoms with van der Waals surface area (Å²) in [5.41, 5.74) is 7.00. The molecule has 1 amide bonds. The molecule has 1 fully saturated rings. The smallest absolute Gasteiger partial charge is 0.249 e. The van der Waals surface area contributed by atoms with Crippen molar-refractivity contribution in [2.45, 2.75) is 31.7 Å². The van der Waals surface area contributed by atoms with Crippen molar-refractivity contribution in [3.8, 4) is 0 Å². The molecule has 0 bridgehead atoms. The second kappa shape index (κ2) is 9.76. The molecule has 1 aliphatic heterocycles. The van der Waals surface area contributed by atoms with E-state index in [1.54, 1.807) is 6.92 Å². The molecule has 2 aromatic rings. The molecule has 0 aliphatic carbocycles. The first-order chi connectivity index (χ1) is 11.6. The molecule has 1 unspecified atom stereocenters. The van der Waals surface area contributed by atoms with Crippen LogP contribution in [0.15, 0.2) is 48.7 Å². The molecule has 1 aliphatic rings. The maximum absolute atomic E-state index is 12.5. The number of aromatic nitrogens is 1. The highest BCUT2D eigenvalue weighted by molar-refractivity contribution is 5.97. The van der Waals surface area contributed by atoms with Crippen LogP contribution in [-0.4, -0.2) is 24.0 Å². The fourth-order valence-electron chi connectivity index (χ4n) is 2.96. The predicted octanol–water partition coefficient (Wildman–Crippen LogP) is 3.73. The lowest BCUT2D eigenvalue weighted by atomic mass is 9.92. The van der Waals surface area contributed by atoms with Crippen LogP contribution in [0.2, 0.25) is 0 Å². The van der Waals surface area contributed by atoms with E-state index < -0.39 is 5.54 Å². The Kier molecular flexibility index (Phi) is 8.34. The Morgan fingerprint density at radius 3 is 2.31 bits per heavy atom. The van der Waals surface area contributed by atoms with Crippen molar-refractivity contribution in [2.24, 2.45) is 5.73 Å². The highest BCUT2D eigenvalue weighted by Gasteiger charge is 2.30. The van der Waals surface area contributed by atoms with Crippen LogP contribution in [0.5, 0.6) is 0 Å². The van der Waals surface area contributed by atoms with Crippen LogP contribution in [0.4, 0.5) is 11.5 Å². The lowest BCUT2D eigenvalue weighted by molar-refractivity contribution is -0.120. The van der Waals surface area contributed by atoms with Crippen molar-refractivity contribution < 1.29 is 4.79 Å². The molecule has 142 valence electrons. The standard InChI is InChI=1S/C19H24N4O.2ClH/c1-19(20,15-8-4-2-5-9-15)18(24)22-17-11-10-16(14-21-17)23-12-6-3-7-13-23;;/h2,4-5,8-11,14H,3,6-7,12-13,20H2,1H3,(H,21,22,24);2*1H. The van der Waals surface area contributed by atoms with Gasteiger partial charge in [-0.1, -0.05) is 30.3 Å². The summed E-state index contributed by atoms with van der Waals surface area (Å²) in [6, 6.07) is 13.2. The van der Waals surface area contributed by atoms with Crippen LogP contribution in [0.1, 0.15) is 31.7 Å². The van der Waals surface area contributed by atoms with Crippen molar-refractivity contribution >= 4 is 42.2 Å². The molecule has 2 heterocycles. The summed E-state index contributed by atoms with van der Waals surface area (Å²) in [6.45, 7) is 3.85. The normalized spacial score (nSPS) is 15.8. The first-order valence-electron chi connectivity index (χ1n) is 8.44. The zero-order valence-corrected chi connectivity index (χ0v) is 16.5. The minimum Gasteiger partial charge on any atom is -0.370 e. The van der Waals surface area contributed by atoms with Crippen LogP contribution >= 0.6 is 24.8 Å². The number of carbonyl (C=O) groups excluding carboxylic acids is 1. The maximum Gasteiger partial charge on any atom is 0.249 e. The van der Waals surface area contributed by atoms with Gasteiger partial charge in [-0.3, -0.25) is 4.79 Å². The number of anilines is 2. The first kappa shape index (κ1) is 22.2. The number of hydrogen-bond acceptors (Lipinski definition) is 4. The third-order valence-corrected chi connectivity index (χ3v) is 4.56. The monoisotopic (exact) mass is 396 g/mol. The Bertz CT molecular complexity index is 686. The Hall–Kier alpha value is -1.82. The van der Waals surface area contributed by atoms with E-state index in [0.717, 1.165) is 24.3 Å². The number of amides is 1. The fourth-order valence-corrected chi connectivity index (χ4v) is 2.96. The number of pyridine rings is 1. The molecule has 1 atom stereocenters. The summed E-state index contributed by atoms with van der Waals surface area (Å²) in [5, 5.41) is 2.82. The van der Waals surface area contributed by atoms with Gasteiger partial charge in [0.2, 0.25) is 5.91 Å². The number of nitrogens with one attached hydrogen (secondary N) is 1. The van der Waals surface area contributed by atoms with Crippen molar-refractivity contribution in [3.05, 3.63) is 54.2 Å². The minimum atomic E-state index is -1.10. The predicted molar refractivity (Wildman–Crippen MR) is 111 cm³/mol. The van der Waals surface area contributed by atoms with Crippen LogP contribution in [-0.2, 0) is 10.3 Å². The Labute approximate surface area is 167 Å². The van der Waals surface area contributed by atoms with E-state index >= 15 is 0 Å². The summed E-state index contributed by atoms with van der Waals surface area (Å²) in [4.78, 5) is 19.2. The van der Waals surface area contributed by atoms with Crippen LogP contribution < -0.4 is 16.0 Å². The average molecular weight is 397 g/mol. The van der Waals surface area contributed by atoms with Crippen LogP contribution in [0.3, 0.4) is 0 Å². The summed E-state index contributed by atoms with van der Waals surface area (Å²) in [6.07, 6.45) is 5.56. The molecule has 3 rings (SSSR count). The number of benzene rings is 1. The molecule has 1 aromatic heterocycles. The minimum absolute atomic E-state index is 0. The number of nitrogens with two attached hydrogens (primary N) is 1. The van der Waals surface area contributed by atoms with Gasteiger partial charge in [0.25, 0.3) is 0 Å². The molecule has 0 saturated carbocycles. The summed E-state index contributed by atoms with van der Waals surface area (Å²) in [7, 11) is 0. The van der Waals surface area contributed by atoms with Gasteiger partial charge in [0, 0.05) is 13.1 Å². The van der Waals surface area contributed by atoms with Gasteiger partial charge in [-0.15, -0.1) is 24.8 Å². The number of piperidine rings is 1. The summed E-state index contributed by atoms with van der Waals surface area (Å²) in [5.74, 6) is 0.250. The summed E-state index contributed by atoms with van der Waals surface area (Å²) < 4.78 is 0. The van der Waals surface area contributed by atoms with Gasteiger partial charge in [0.05, 0.1) is 11.9 Å². The van der Waals surface area contributed by atoms with Gasteiger partial charge in [-0.05, 0) is 43.9 Å². The Balaban J connectivity index is 0.00000169. The van der Waals surface area contributed by atoms with E-state index in [0.29, 0.717) is 5.82 Å². The third kappa shape index (κ3) is 5.10. The van der Waals surface area contributed by atoms with Crippen molar-refractivity contribution in [1.82, 2.24) is 4.98 Å². The SMILES string of the molecule is CC(N)(C(=O)Nc1ccc(N2CCCCC2)cn1)c1ccccc1.Cl.Cl. The number of carbonyl (C=O) groups is 1. The molecule has 1 aromatic carbocycles. The van der Waals surface area contributed by atoms with Gasteiger partial charge < -0.3 is 16.0 Å². The molecular formula is C19H26Cl2N4O. The number of hydrogen-bond donors (Lipinski definition) is 2. The molecule has 5 nitrogen and oxygen atoms in total. The number of nitrogens with zero attached hydrogens (tertiary/aromatic N) is 2. The van der Waals surface area contributed by atoms with Crippen LogP contribution in [0, 0.1) is 0 Å². The topological polar surface area (TPSA) is 71.2 Å². The van der Waals surface area contributed by atoms with Gasteiger partial charge in [-0.25, -0.2) is 4.98 Å². The van der Waals surface area contributed by atoms with Crippen molar-refractivity contribution in [2.75, 3.05) is 23.3 Å². The van der Waals surface area contributed by atoms with Crippen molar-refractivity contribution in [3.63, 3.8) is 0 Å². The quantitative estimate of drug-likeness (QED) is 0.825. The fraction of sp³-hybridized carbons (Fsp3) is 0.368. The van der Waals surface area contributed by atoms with Gasteiger partial charge in [0.15, 0.2) is 0 Å². The Morgan fingerprint density at radius 1 is 1.08 bits per heavy atom. The highest BCUT2D eigenvalue weighted by Crippen LogP contribution is 2.22. The molecule has 26 heavy (non-hydrogen) atoms. The average Bonchev–Trinajstić information content (AvgIpc) is 2.64. The van der Waals surface area contributed by atoms with E-state index in [1.807, 2.05) is 48.7 Å². The second-order valence-corrected chi connectivity index (χ2v) is 6.47. The van der Waals surface area contributed by atoms with E-state index in [4.69, 9.17) is 5.73 Å². The zero-order chi connectivity index (χ0) is 17.0. The van der Waals surface area contributed by atoms with Gasteiger partial charge >= 0.3 is 0 Å². The van der Waals surface area contributed by atoms with Crippen molar-refractivity contribution in [1.29, 1.82) is 0 Å². The second-order valence-electron chi connectivity index (χ2n) is 6.47. The number of halogens is 2. The van der Waals surface area contributed by atoms with E-state index in [9.17, 15) is 4.79 Å². The third-order valence-electron chi connectivity index (χ3n) is 4.56. The lowest BCUT2D eigenvalue weighted by Gasteiger charge is -2.28. The number of rotatable bonds is 4. The highest BCUT2D eigenvalue weighted by atomic mass is 35.5. The molecule has 3 N–H and O–H groups in total.